The van der Waals surface area contributed by atoms with Crippen molar-refractivity contribution in [2.45, 2.75) is 5.41 Å². The molecule has 2 N–H and O–H groups in total. The van der Waals surface area contributed by atoms with Crippen LogP contribution >= 0.6 is 23.2 Å². The Morgan fingerprint density at radius 3 is 1.20 bits per heavy atom. The van der Waals surface area contributed by atoms with Crippen LogP contribution in [0.2, 0.25) is 10.0 Å². The molecule has 0 unspecified atom stereocenters. The number of nitrogens with one attached hydrogen (secondary N) is 2. The van der Waals surface area contributed by atoms with Gasteiger partial charge in [0.15, 0.2) is 0 Å². The number of halogens is 2. The summed E-state index contributed by atoms with van der Waals surface area (Å²) in [5.74, 6) is 0. The van der Waals surface area contributed by atoms with Gasteiger partial charge in [-0.3, -0.25) is 0 Å². The third-order valence-electron chi connectivity index (χ3n) is 8.42. The molecular weight excluding hydrogens is 543 g/mol. The molecule has 0 radical (unpaired) electrons. The zero-order chi connectivity index (χ0) is 27.6. The standard InChI is InChI=1S/C37H24Cl2N2/c38-29-17-5-7-19-31(29)40-33-21-9-15-27-35(33)23-11-1-3-13-25(23)37(27)26-14-4-2-12-24(26)36-28(37)16-10-22-34(36)41-32-20-8-6-18-30(32)39/h1-22,40-41H. The van der Waals surface area contributed by atoms with E-state index in [4.69, 9.17) is 23.2 Å². The van der Waals surface area contributed by atoms with E-state index >= 15 is 0 Å². The first-order valence-corrected chi connectivity index (χ1v) is 14.4. The minimum atomic E-state index is -0.464. The van der Waals surface area contributed by atoms with Crippen LogP contribution in [0.15, 0.2) is 133 Å². The summed E-state index contributed by atoms with van der Waals surface area (Å²) in [6.45, 7) is 0. The van der Waals surface area contributed by atoms with E-state index in [9.17, 15) is 0 Å². The van der Waals surface area contributed by atoms with E-state index in [-0.39, 0.29) is 0 Å². The summed E-state index contributed by atoms with van der Waals surface area (Å²) in [6.07, 6.45) is 0. The van der Waals surface area contributed by atoms with Crippen molar-refractivity contribution >= 4 is 46.0 Å². The molecule has 41 heavy (non-hydrogen) atoms. The van der Waals surface area contributed by atoms with Crippen LogP contribution in [-0.4, -0.2) is 0 Å². The van der Waals surface area contributed by atoms with E-state index in [1.54, 1.807) is 0 Å². The van der Waals surface area contributed by atoms with Gasteiger partial charge in [-0.2, -0.15) is 0 Å². The maximum Gasteiger partial charge on any atom is 0.0727 e. The minimum absolute atomic E-state index is 0.464. The number of hydrogen-bond acceptors (Lipinski definition) is 2. The second-order valence-corrected chi connectivity index (χ2v) is 11.3. The van der Waals surface area contributed by atoms with Gasteiger partial charge in [0, 0.05) is 22.5 Å². The second-order valence-electron chi connectivity index (χ2n) is 10.5. The molecular formula is C37H24Cl2N2. The van der Waals surface area contributed by atoms with Crippen molar-refractivity contribution in [3.63, 3.8) is 0 Å². The highest BCUT2D eigenvalue weighted by atomic mass is 35.5. The summed E-state index contributed by atoms with van der Waals surface area (Å²) in [6, 6.07) is 46.6. The van der Waals surface area contributed by atoms with Crippen LogP contribution in [0.3, 0.4) is 0 Å². The van der Waals surface area contributed by atoms with Crippen molar-refractivity contribution in [1.29, 1.82) is 0 Å². The maximum atomic E-state index is 6.60. The Kier molecular flexibility index (Phi) is 5.50. The van der Waals surface area contributed by atoms with Crippen molar-refractivity contribution in [3.8, 4) is 22.3 Å². The van der Waals surface area contributed by atoms with Gasteiger partial charge < -0.3 is 10.6 Å². The number of hydrogen-bond donors (Lipinski definition) is 2. The van der Waals surface area contributed by atoms with Gasteiger partial charge in [-0.1, -0.05) is 120 Å². The third-order valence-corrected chi connectivity index (χ3v) is 9.08. The molecule has 0 saturated carbocycles. The van der Waals surface area contributed by atoms with Gasteiger partial charge in [-0.15, -0.1) is 0 Å². The summed E-state index contributed by atoms with van der Waals surface area (Å²) >= 11 is 13.2. The molecule has 0 saturated heterocycles. The first-order chi connectivity index (χ1) is 20.2. The Morgan fingerprint density at radius 1 is 0.366 bits per heavy atom. The average molecular weight is 568 g/mol. The monoisotopic (exact) mass is 566 g/mol. The highest BCUT2D eigenvalue weighted by Crippen LogP contribution is 2.65. The third kappa shape index (κ3) is 3.45. The fraction of sp³-hybridized carbons (Fsp3) is 0.0270. The second kappa shape index (κ2) is 9.27. The lowest BCUT2D eigenvalue weighted by Crippen LogP contribution is -2.25. The molecule has 4 heteroatoms. The highest BCUT2D eigenvalue weighted by molar-refractivity contribution is 6.33. The molecule has 0 heterocycles. The lowest BCUT2D eigenvalue weighted by molar-refractivity contribution is 0.794. The van der Waals surface area contributed by atoms with Gasteiger partial charge in [-0.05, 0) is 69.8 Å². The Morgan fingerprint density at radius 2 is 0.732 bits per heavy atom. The quantitative estimate of drug-likeness (QED) is 0.221. The lowest BCUT2D eigenvalue weighted by Gasteiger charge is -2.30. The van der Waals surface area contributed by atoms with Crippen molar-refractivity contribution in [2.75, 3.05) is 10.6 Å². The van der Waals surface area contributed by atoms with Gasteiger partial charge in [-0.25, -0.2) is 0 Å². The Hall–Kier alpha value is -4.50. The van der Waals surface area contributed by atoms with Crippen LogP contribution in [-0.2, 0) is 5.41 Å². The Balaban J connectivity index is 1.42. The van der Waals surface area contributed by atoms with Crippen LogP contribution < -0.4 is 10.6 Å². The fourth-order valence-corrected chi connectivity index (χ4v) is 7.23. The first-order valence-electron chi connectivity index (χ1n) is 13.7. The van der Waals surface area contributed by atoms with E-state index in [2.05, 4.69) is 95.6 Å². The molecule has 196 valence electrons. The number of rotatable bonds is 4. The van der Waals surface area contributed by atoms with E-state index < -0.39 is 5.41 Å². The summed E-state index contributed by atoms with van der Waals surface area (Å²) < 4.78 is 0. The zero-order valence-electron chi connectivity index (χ0n) is 22.0. The summed E-state index contributed by atoms with van der Waals surface area (Å²) in [5, 5.41) is 8.70. The normalized spacial score (nSPS) is 13.3. The number of benzene rings is 6. The van der Waals surface area contributed by atoms with Crippen LogP contribution in [0.25, 0.3) is 22.3 Å². The Labute approximate surface area is 249 Å². The lowest BCUT2D eigenvalue weighted by atomic mass is 9.70. The van der Waals surface area contributed by atoms with Crippen molar-refractivity contribution < 1.29 is 0 Å². The van der Waals surface area contributed by atoms with Gasteiger partial charge in [0.05, 0.1) is 26.8 Å². The smallest absolute Gasteiger partial charge is 0.0727 e. The average Bonchev–Trinajstić information content (AvgIpc) is 3.48. The molecule has 0 atom stereocenters. The van der Waals surface area contributed by atoms with E-state index in [1.165, 1.54) is 44.5 Å². The topological polar surface area (TPSA) is 24.1 Å². The molecule has 6 aromatic rings. The van der Waals surface area contributed by atoms with Gasteiger partial charge >= 0.3 is 0 Å². The van der Waals surface area contributed by atoms with Crippen LogP contribution in [0.1, 0.15) is 22.3 Å². The van der Waals surface area contributed by atoms with E-state index in [0.29, 0.717) is 10.0 Å². The summed E-state index contributed by atoms with van der Waals surface area (Å²) in [5.41, 5.74) is 13.3. The molecule has 2 nitrogen and oxygen atoms in total. The predicted octanol–water partition coefficient (Wildman–Crippen LogP) is 10.8. The highest BCUT2D eigenvalue weighted by Gasteiger charge is 2.52. The van der Waals surface area contributed by atoms with Gasteiger partial charge in [0.1, 0.15) is 0 Å². The van der Waals surface area contributed by atoms with Crippen LogP contribution in [0.5, 0.6) is 0 Å². The Bertz CT molecular complexity index is 1850. The fourth-order valence-electron chi connectivity index (χ4n) is 6.86. The molecule has 0 bridgehead atoms. The molecule has 2 aliphatic carbocycles. The molecule has 0 aliphatic heterocycles. The first kappa shape index (κ1) is 24.3. The number of anilines is 4. The number of fused-ring (bicyclic) bond motifs is 10. The summed E-state index contributed by atoms with van der Waals surface area (Å²) in [7, 11) is 0. The molecule has 0 aromatic heterocycles. The van der Waals surface area contributed by atoms with Crippen LogP contribution in [0.4, 0.5) is 22.7 Å². The van der Waals surface area contributed by atoms with Gasteiger partial charge in [0.2, 0.25) is 0 Å². The van der Waals surface area contributed by atoms with Crippen molar-refractivity contribution in [2.24, 2.45) is 0 Å². The van der Waals surface area contributed by atoms with E-state index in [0.717, 1.165) is 22.7 Å². The molecule has 6 aromatic carbocycles. The zero-order valence-corrected chi connectivity index (χ0v) is 23.5. The number of para-hydroxylation sites is 2. The van der Waals surface area contributed by atoms with Gasteiger partial charge in [0.25, 0.3) is 0 Å². The molecule has 0 fully saturated rings. The largest absolute Gasteiger partial charge is 0.354 e. The minimum Gasteiger partial charge on any atom is -0.354 e. The van der Waals surface area contributed by atoms with Crippen LogP contribution in [0, 0.1) is 0 Å². The molecule has 0 amide bonds. The van der Waals surface area contributed by atoms with Crippen molar-refractivity contribution in [3.05, 3.63) is 166 Å². The van der Waals surface area contributed by atoms with Crippen molar-refractivity contribution in [1.82, 2.24) is 0 Å². The molecule has 2 aliphatic rings. The predicted molar refractivity (Wildman–Crippen MR) is 172 cm³/mol. The SMILES string of the molecule is Clc1ccccc1Nc1cccc2c1-c1ccccc1C21c2ccccc2-c2c(Nc3ccccc3Cl)cccc21. The molecule has 8 rings (SSSR count). The van der Waals surface area contributed by atoms with E-state index in [1.807, 2.05) is 48.5 Å². The summed E-state index contributed by atoms with van der Waals surface area (Å²) in [4.78, 5) is 0. The maximum absolute atomic E-state index is 6.60. The molecule has 1 spiro atoms.